The molecule has 0 aromatic rings. The van der Waals surface area contributed by atoms with Gasteiger partial charge < -0.3 is 29.6 Å². The summed E-state index contributed by atoms with van der Waals surface area (Å²) in [5.41, 5.74) is 2.64. The Morgan fingerprint density at radius 3 is 2.55 bits per heavy atom. The van der Waals surface area contributed by atoms with Crippen molar-refractivity contribution in [2.75, 3.05) is 6.61 Å². The monoisotopic (exact) mass is 365 g/mol. The van der Waals surface area contributed by atoms with Crippen LogP contribution in [0.15, 0.2) is 40.4 Å². The van der Waals surface area contributed by atoms with Crippen molar-refractivity contribution in [3.8, 4) is 0 Å². The van der Waals surface area contributed by atoms with E-state index in [2.05, 4.69) is 51.2 Å². The molecule has 2 aliphatic carbocycles. The van der Waals surface area contributed by atoms with Crippen molar-refractivity contribution in [1.29, 1.82) is 0 Å². The Kier molecular flexibility index (Phi) is 11.8. The number of thioether (sulfide) groups is 1. The first-order valence-electron chi connectivity index (χ1n) is 6.12. The maximum Gasteiger partial charge on any atom is 3.00 e. The van der Waals surface area contributed by atoms with Gasteiger partial charge in [-0.2, -0.15) is 11.0 Å². The maximum atomic E-state index is 6.05. The molecule has 0 saturated carbocycles. The van der Waals surface area contributed by atoms with Crippen LogP contribution in [0, 0.1) is 6.08 Å². The number of ether oxygens (including phenoxy) is 1. The molecule has 2 rings (SSSR count). The van der Waals surface area contributed by atoms with Gasteiger partial charge in [0.1, 0.15) is 4.93 Å². The minimum Gasteiger partial charge on any atom is -1.00 e. The molecule has 1 nitrogen and oxygen atoms in total. The molecule has 109 valence electrons. The van der Waals surface area contributed by atoms with Crippen LogP contribution in [-0.4, -0.2) is 11.5 Å². The van der Waals surface area contributed by atoms with E-state index in [4.69, 9.17) is 4.74 Å². The third-order valence-electron chi connectivity index (χ3n) is 3.05. The van der Waals surface area contributed by atoms with Gasteiger partial charge in [0.05, 0.1) is 0 Å². The van der Waals surface area contributed by atoms with Gasteiger partial charge in [0.25, 0.3) is 0 Å². The summed E-state index contributed by atoms with van der Waals surface area (Å²) < 4.78 is 6.05. The molecule has 1 unspecified atom stereocenters. The molecule has 20 heavy (non-hydrogen) atoms. The zero-order chi connectivity index (χ0) is 12.3. The molecule has 0 aromatic heterocycles. The Bertz CT molecular complexity index is 430. The second-order valence-corrected chi connectivity index (χ2v) is 5.72. The van der Waals surface area contributed by atoms with Gasteiger partial charge in [0.2, 0.25) is 0 Å². The third kappa shape index (κ3) is 5.40. The zero-order valence-corrected chi connectivity index (χ0v) is 15.9. The Morgan fingerprint density at radius 1 is 1.35 bits per heavy atom. The first kappa shape index (κ1) is 22.8. The van der Waals surface area contributed by atoms with Gasteiger partial charge in [0.15, 0.2) is 0 Å². The van der Waals surface area contributed by atoms with Gasteiger partial charge in [0, 0.05) is 13.0 Å². The molecule has 1 radical (unpaired) electrons. The fourth-order valence-corrected chi connectivity index (χ4v) is 3.39. The van der Waals surface area contributed by atoms with E-state index < -0.39 is 0 Å². The number of allylic oxidation sites excluding steroid dienone is 5. The molecule has 0 saturated heterocycles. The van der Waals surface area contributed by atoms with Crippen LogP contribution < -0.4 is 24.8 Å². The van der Waals surface area contributed by atoms with Gasteiger partial charge in [-0.3, -0.25) is 6.08 Å². The topological polar surface area (TPSA) is 9.23 Å². The molecule has 1 atom stereocenters. The van der Waals surface area contributed by atoms with E-state index in [9.17, 15) is 0 Å². The Balaban J connectivity index is 0. The fraction of sp³-hybridized carbons (Fsp3) is 0.467. The van der Waals surface area contributed by atoms with E-state index in [1.165, 1.54) is 16.1 Å². The first-order valence-corrected chi connectivity index (χ1v) is 6.94. The van der Waals surface area contributed by atoms with Crippen LogP contribution in [0.25, 0.3) is 0 Å². The average Bonchev–Trinajstić information content (AvgIpc) is 2.77. The third-order valence-corrected chi connectivity index (χ3v) is 4.49. The van der Waals surface area contributed by atoms with E-state index >= 15 is 0 Å². The van der Waals surface area contributed by atoms with Crippen LogP contribution in [0.1, 0.15) is 33.6 Å². The van der Waals surface area contributed by atoms with E-state index in [1.807, 2.05) is 0 Å². The average molecular weight is 366 g/mol. The van der Waals surface area contributed by atoms with Crippen LogP contribution in [0.2, 0.25) is 0 Å². The predicted octanol–water partition coefficient (Wildman–Crippen LogP) is -1.60. The summed E-state index contributed by atoms with van der Waals surface area (Å²) in [5.74, 6) is 0. The van der Waals surface area contributed by atoms with Crippen molar-refractivity contribution in [1.82, 2.24) is 0 Å². The van der Waals surface area contributed by atoms with Gasteiger partial charge in [-0.15, -0.1) is 18.2 Å². The Morgan fingerprint density at radius 2 is 2.05 bits per heavy atom. The molecule has 0 spiro atoms. The molecule has 0 fully saturated rings. The van der Waals surface area contributed by atoms with E-state index in [0.29, 0.717) is 0 Å². The summed E-state index contributed by atoms with van der Waals surface area (Å²) in [7, 11) is 0. The summed E-state index contributed by atoms with van der Waals surface area (Å²) >= 11 is 1.79. The number of rotatable bonds is 4. The van der Waals surface area contributed by atoms with Gasteiger partial charge in [-0.05, 0) is 26.3 Å². The minimum absolute atomic E-state index is 0. The van der Waals surface area contributed by atoms with Crippen molar-refractivity contribution in [2.24, 2.45) is 0 Å². The van der Waals surface area contributed by atoms with E-state index in [-0.39, 0.29) is 51.5 Å². The van der Waals surface area contributed by atoms with Crippen molar-refractivity contribution in [2.45, 2.75) is 38.5 Å². The SMILES string of the molecule is CCOC1(SC2=[C-]CC=C2)CC=C(C)C=C1C.[Cl-].[Cl-].[Ti+3]. The van der Waals surface area contributed by atoms with Crippen LogP contribution >= 0.6 is 11.8 Å². The molecule has 0 aromatic carbocycles. The zero-order valence-electron chi connectivity index (χ0n) is 12.0. The van der Waals surface area contributed by atoms with Crippen LogP contribution in [0.3, 0.4) is 0 Å². The number of halogens is 2. The van der Waals surface area contributed by atoms with Crippen LogP contribution in [0.4, 0.5) is 0 Å². The molecule has 2 aliphatic rings. The smallest absolute Gasteiger partial charge is 1.00 e. The quantitative estimate of drug-likeness (QED) is 0.337. The summed E-state index contributed by atoms with van der Waals surface area (Å²) in [6, 6.07) is 0. The van der Waals surface area contributed by atoms with Crippen molar-refractivity contribution in [3.63, 3.8) is 0 Å². The molecule has 0 N–H and O–H groups in total. The van der Waals surface area contributed by atoms with E-state index in [0.717, 1.165) is 19.4 Å². The predicted molar refractivity (Wildman–Crippen MR) is 74.6 cm³/mol. The summed E-state index contributed by atoms with van der Waals surface area (Å²) in [4.78, 5) is 0.991. The second kappa shape index (κ2) is 10.3. The number of hydrogen-bond acceptors (Lipinski definition) is 2. The van der Waals surface area contributed by atoms with E-state index in [1.54, 1.807) is 11.8 Å². The normalized spacial score (nSPS) is 23.6. The molecule has 0 heterocycles. The van der Waals surface area contributed by atoms with Crippen LogP contribution in [-0.2, 0) is 26.5 Å². The largest absolute Gasteiger partial charge is 3.00 e. The second-order valence-electron chi connectivity index (χ2n) is 4.42. The van der Waals surface area contributed by atoms with Crippen molar-refractivity contribution in [3.05, 3.63) is 46.4 Å². The molecule has 0 bridgehead atoms. The fourth-order valence-electron chi connectivity index (χ4n) is 2.16. The molecule has 5 heteroatoms. The van der Waals surface area contributed by atoms with Crippen LogP contribution in [0.5, 0.6) is 0 Å². The minimum atomic E-state index is -0.217. The van der Waals surface area contributed by atoms with Crippen molar-refractivity contribution >= 4 is 11.8 Å². The summed E-state index contributed by atoms with van der Waals surface area (Å²) in [5, 5.41) is 0. The summed E-state index contributed by atoms with van der Waals surface area (Å²) in [6.07, 6.45) is 14.0. The Hall–Kier alpha value is 0.564. The van der Waals surface area contributed by atoms with Gasteiger partial charge in [-0.25, -0.2) is 6.08 Å². The molecular formula is C15H19Cl2OSTi. The molecule has 0 amide bonds. The Labute approximate surface area is 154 Å². The van der Waals surface area contributed by atoms with Gasteiger partial charge >= 0.3 is 21.7 Å². The molecule has 0 aliphatic heterocycles. The summed E-state index contributed by atoms with van der Waals surface area (Å²) in [6.45, 7) is 7.11. The van der Waals surface area contributed by atoms with Gasteiger partial charge in [-0.1, -0.05) is 17.7 Å². The maximum absolute atomic E-state index is 6.05. The number of hydrogen-bond donors (Lipinski definition) is 0. The molecular weight excluding hydrogens is 347 g/mol. The standard InChI is InChI=1S/C15H19OS.2ClH.Ti/c1-4-16-15(17-14-7-5-6-8-14)10-9-12(2)11-13(15)3;;;/h5,7,9,11H,4,6,10H2,1-3H3;2*1H;/q-1;;;+3/p-2. The van der Waals surface area contributed by atoms with Crippen molar-refractivity contribution < 1.29 is 51.3 Å². The first-order chi connectivity index (χ1) is 8.16.